The number of nitrogens with zero attached hydrogens (tertiary/aromatic N) is 1. The van der Waals surface area contributed by atoms with Gasteiger partial charge >= 0.3 is 0 Å². The lowest BCUT2D eigenvalue weighted by molar-refractivity contribution is 0.550. The maximum absolute atomic E-state index is 6.16. The van der Waals surface area contributed by atoms with Crippen LogP contribution in [0.3, 0.4) is 0 Å². The van der Waals surface area contributed by atoms with E-state index in [0.717, 1.165) is 12.8 Å². The van der Waals surface area contributed by atoms with Crippen LogP contribution in [-0.2, 0) is 6.42 Å². The van der Waals surface area contributed by atoms with Crippen LogP contribution >= 0.6 is 0 Å². The molecule has 0 bridgehead atoms. The van der Waals surface area contributed by atoms with Crippen molar-refractivity contribution < 1.29 is 0 Å². The number of anilines is 1. The van der Waals surface area contributed by atoms with Crippen LogP contribution in [0.25, 0.3) is 0 Å². The lowest BCUT2D eigenvalue weighted by Gasteiger charge is -2.31. The van der Waals surface area contributed by atoms with Crippen molar-refractivity contribution in [2.75, 3.05) is 11.9 Å². The summed E-state index contributed by atoms with van der Waals surface area (Å²) in [6.07, 6.45) is 10.3. The minimum atomic E-state index is 0.277. The predicted octanol–water partition coefficient (Wildman–Crippen LogP) is 4.13. The Morgan fingerprint density at radius 1 is 1.15 bits per heavy atom. The second-order valence-corrected chi connectivity index (χ2v) is 6.26. The van der Waals surface area contributed by atoms with Gasteiger partial charge in [-0.3, -0.25) is 0 Å². The Morgan fingerprint density at radius 3 is 2.45 bits per heavy atom. The number of hydrogen-bond acceptors (Lipinski definition) is 2. The molecule has 0 aliphatic heterocycles. The first-order valence-electron chi connectivity index (χ1n) is 8.28. The molecule has 1 unspecified atom stereocenters. The van der Waals surface area contributed by atoms with E-state index in [1.165, 1.54) is 49.8 Å². The molecule has 1 aromatic rings. The molecular weight excluding hydrogens is 244 g/mol. The zero-order valence-corrected chi connectivity index (χ0v) is 13.1. The zero-order valence-electron chi connectivity index (χ0n) is 13.1. The summed E-state index contributed by atoms with van der Waals surface area (Å²) < 4.78 is 0. The summed E-state index contributed by atoms with van der Waals surface area (Å²) >= 11 is 0. The summed E-state index contributed by atoms with van der Waals surface area (Å²) in [5, 5.41) is 0. The molecule has 0 spiro atoms. The van der Waals surface area contributed by atoms with Gasteiger partial charge in [-0.1, -0.05) is 50.8 Å². The molecule has 0 saturated heterocycles. The van der Waals surface area contributed by atoms with Crippen molar-refractivity contribution in [3.8, 4) is 0 Å². The average molecular weight is 274 g/mol. The van der Waals surface area contributed by atoms with Gasteiger partial charge in [-0.2, -0.15) is 0 Å². The first-order valence-corrected chi connectivity index (χ1v) is 8.28. The van der Waals surface area contributed by atoms with E-state index >= 15 is 0 Å². The van der Waals surface area contributed by atoms with Gasteiger partial charge in [-0.15, -0.1) is 0 Å². The van der Waals surface area contributed by atoms with Crippen LogP contribution < -0.4 is 10.6 Å². The van der Waals surface area contributed by atoms with E-state index < -0.39 is 0 Å². The van der Waals surface area contributed by atoms with Crippen molar-refractivity contribution in [2.45, 2.75) is 70.4 Å². The van der Waals surface area contributed by atoms with Gasteiger partial charge in [0.05, 0.1) is 0 Å². The van der Waals surface area contributed by atoms with Gasteiger partial charge < -0.3 is 10.6 Å². The highest BCUT2D eigenvalue weighted by Crippen LogP contribution is 2.28. The van der Waals surface area contributed by atoms with Crippen molar-refractivity contribution in [3.63, 3.8) is 0 Å². The van der Waals surface area contributed by atoms with Crippen molar-refractivity contribution in [3.05, 3.63) is 29.8 Å². The highest BCUT2D eigenvalue weighted by Gasteiger charge is 2.19. The highest BCUT2D eigenvalue weighted by atomic mass is 15.1. The summed E-state index contributed by atoms with van der Waals surface area (Å²) in [6.45, 7) is 2.17. The normalized spacial score (nSPS) is 18.6. The van der Waals surface area contributed by atoms with E-state index in [1.54, 1.807) is 0 Å². The maximum Gasteiger partial charge on any atom is 0.0399 e. The second kappa shape index (κ2) is 7.68. The van der Waals surface area contributed by atoms with Gasteiger partial charge in [-0.25, -0.2) is 0 Å². The molecule has 0 radical (unpaired) electrons. The van der Waals surface area contributed by atoms with E-state index in [-0.39, 0.29) is 6.04 Å². The van der Waals surface area contributed by atoms with Gasteiger partial charge in [-0.05, 0) is 37.3 Å². The third kappa shape index (κ3) is 3.99. The van der Waals surface area contributed by atoms with E-state index in [1.807, 2.05) is 0 Å². The van der Waals surface area contributed by atoms with E-state index in [2.05, 4.69) is 43.1 Å². The fourth-order valence-corrected chi connectivity index (χ4v) is 3.30. The van der Waals surface area contributed by atoms with E-state index in [0.29, 0.717) is 6.04 Å². The first-order chi connectivity index (χ1) is 9.72. The molecule has 1 saturated carbocycles. The Balaban J connectivity index is 2.13. The lowest BCUT2D eigenvalue weighted by atomic mass is 10.00. The highest BCUT2D eigenvalue weighted by molar-refractivity contribution is 5.54. The molecule has 1 atom stereocenters. The predicted molar refractivity (Wildman–Crippen MR) is 88.3 cm³/mol. The number of rotatable bonds is 5. The van der Waals surface area contributed by atoms with Crippen LogP contribution in [0, 0.1) is 0 Å². The molecule has 20 heavy (non-hydrogen) atoms. The summed E-state index contributed by atoms with van der Waals surface area (Å²) in [6, 6.07) is 9.79. The lowest BCUT2D eigenvalue weighted by Crippen LogP contribution is -2.32. The standard InChI is InChI=1S/C18H30N2/c1-3-16(19)14-15-10-8-9-13-18(15)20(2)17-11-6-4-5-7-12-17/h8-10,13,16-17H,3-7,11-12,14,19H2,1-2H3. The minimum absolute atomic E-state index is 0.277. The molecule has 1 aliphatic rings. The van der Waals surface area contributed by atoms with Crippen molar-refractivity contribution in [2.24, 2.45) is 5.73 Å². The van der Waals surface area contributed by atoms with Crippen LogP contribution in [0.5, 0.6) is 0 Å². The Bertz CT molecular complexity index is 394. The van der Waals surface area contributed by atoms with Gasteiger partial charge in [0.2, 0.25) is 0 Å². The molecule has 0 amide bonds. The van der Waals surface area contributed by atoms with Crippen LogP contribution in [0.15, 0.2) is 24.3 Å². The molecule has 2 heteroatoms. The molecule has 0 aromatic heterocycles. The molecule has 1 aromatic carbocycles. The molecule has 0 heterocycles. The number of hydrogen-bond donors (Lipinski definition) is 1. The Hall–Kier alpha value is -1.02. The molecule has 112 valence electrons. The fourth-order valence-electron chi connectivity index (χ4n) is 3.30. The third-order valence-electron chi connectivity index (χ3n) is 4.75. The van der Waals surface area contributed by atoms with Crippen LogP contribution in [-0.4, -0.2) is 19.1 Å². The zero-order chi connectivity index (χ0) is 14.4. The number of para-hydroxylation sites is 1. The summed E-state index contributed by atoms with van der Waals surface area (Å²) in [5.41, 5.74) is 8.96. The van der Waals surface area contributed by atoms with E-state index in [4.69, 9.17) is 5.73 Å². The molecule has 1 fully saturated rings. The largest absolute Gasteiger partial charge is 0.371 e. The minimum Gasteiger partial charge on any atom is -0.371 e. The first kappa shape index (κ1) is 15.4. The average Bonchev–Trinajstić information content (AvgIpc) is 2.76. The monoisotopic (exact) mass is 274 g/mol. The summed E-state index contributed by atoms with van der Waals surface area (Å²) in [7, 11) is 2.27. The van der Waals surface area contributed by atoms with Crippen LogP contribution in [0.4, 0.5) is 5.69 Å². The fraction of sp³-hybridized carbons (Fsp3) is 0.667. The van der Waals surface area contributed by atoms with Crippen LogP contribution in [0.2, 0.25) is 0 Å². The SMILES string of the molecule is CCC(N)Cc1ccccc1N(C)C1CCCCCC1. The molecule has 2 N–H and O–H groups in total. The van der Waals surface area contributed by atoms with Gasteiger partial charge in [0.25, 0.3) is 0 Å². The Kier molecular flexibility index (Phi) is 5.90. The molecule has 2 nitrogen and oxygen atoms in total. The van der Waals surface area contributed by atoms with Crippen LogP contribution in [0.1, 0.15) is 57.4 Å². The Morgan fingerprint density at radius 2 is 1.80 bits per heavy atom. The summed E-state index contributed by atoms with van der Waals surface area (Å²) in [4.78, 5) is 2.52. The number of nitrogens with two attached hydrogens (primary N) is 1. The molecular formula is C18H30N2. The van der Waals surface area contributed by atoms with Gasteiger partial charge in [0.15, 0.2) is 0 Å². The van der Waals surface area contributed by atoms with E-state index in [9.17, 15) is 0 Å². The summed E-state index contributed by atoms with van der Waals surface area (Å²) in [5.74, 6) is 0. The smallest absolute Gasteiger partial charge is 0.0399 e. The van der Waals surface area contributed by atoms with Crippen molar-refractivity contribution in [1.82, 2.24) is 0 Å². The quantitative estimate of drug-likeness (QED) is 0.818. The maximum atomic E-state index is 6.16. The third-order valence-corrected chi connectivity index (χ3v) is 4.75. The van der Waals surface area contributed by atoms with Gasteiger partial charge in [0, 0.05) is 24.8 Å². The number of benzene rings is 1. The van der Waals surface area contributed by atoms with Gasteiger partial charge in [0.1, 0.15) is 0 Å². The second-order valence-electron chi connectivity index (χ2n) is 6.26. The van der Waals surface area contributed by atoms with Crippen molar-refractivity contribution in [1.29, 1.82) is 0 Å². The topological polar surface area (TPSA) is 29.3 Å². The Labute approximate surface area is 124 Å². The van der Waals surface area contributed by atoms with Crippen molar-refractivity contribution >= 4 is 5.69 Å². The molecule has 2 rings (SSSR count). The molecule has 1 aliphatic carbocycles.